The van der Waals surface area contributed by atoms with Gasteiger partial charge in [-0.2, -0.15) is 0 Å². The quantitative estimate of drug-likeness (QED) is 0.686. The van der Waals surface area contributed by atoms with Crippen molar-refractivity contribution in [3.8, 4) is 0 Å². The van der Waals surface area contributed by atoms with Crippen molar-refractivity contribution in [3.63, 3.8) is 0 Å². The van der Waals surface area contributed by atoms with Crippen LogP contribution in [0.25, 0.3) is 0 Å². The van der Waals surface area contributed by atoms with Gasteiger partial charge in [0.25, 0.3) is 0 Å². The molecule has 1 fully saturated rings. The fraction of sp³-hybridized carbons (Fsp3) is 1.00. The molecule has 0 aromatic rings. The highest BCUT2D eigenvalue weighted by atomic mass is 16.3. The van der Waals surface area contributed by atoms with E-state index in [0.29, 0.717) is 12.5 Å². The number of likely N-dealkylation sites (tertiary alicyclic amines) is 1. The largest absolute Gasteiger partial charge is 0.389 e. The van der Waals surface area contributed by atoms with E-state index in [4.69, 9.17) is 0 Å². The fourth-order valence-corrected chi connectivity index (χ4v) is 3.09. The van der Waals surface area contributed by atoms with Crippen LogP contribution in [0.2, 0.25) is 0 Å². The summed E-state index contributed by atoms with van der Waals surface area (Å²) >= 11 is 0. The van der Waals surface area contributed by atoms with Crippen LogP contribution in [0.4, 0.5) is 0 Å². The van der Waals surface area contributed by atoms with Crippen LogP contribution >= 0.6 is 0 Å². The lowest BCUT2D eigenvalue weighted by atomic mass is 9.94. The zero-order valence-electron chi connectivity index (χ0n) is 12.7. The van der Waals surface area contributed by atoms with Gasteiger partial charge in [0.2, 0.25) is 0 Å². The predicted octanol–water partition coefficient (Wildman–Crippen LogP) is 2.25. The maximum Gasteiger partial charge on any atom is 0.0746 e. The number of piperidine rings is 1. The molecule has 3 heteroatoms. The first-order valence-corrected chi connectivity index (χ1v) is 7.54. The Hall–Kier alpha value is -0.120. The zero-order chi connectivity index (χ0) is 13.6. The molecule has 108 valence electrons. The zero-order valence-corrected chi connectivity index (χ0v) is 12.7. The summed E-state index contributed by atoms with van der Waals surface area (Å²) in [5, 5.41) is 13.6. The van der Waals surface area contributed by atoms with Crippen LogP contribution in [0.3, 0.4) is 0 Å². The minimum absolute atomic E-state index is 0.547. The van der Waals surface area contributed by atoms with Gasteiger partial charge in [0.15, 0.2) is 0 Å². The third-order valence-corrected chi connectivity index (χ3v) is 3.93. The normalized spacial score (nSPS) is 25.3. The van der Waals surface area contributed by atoms with E-state index in [2.05, 4.69) is 31.1 Å². The molecule has 0 saturated carbocycles. The summed E-state index contributed by atoms with van der Waals surface area (Å²) < 4.78 is 0. The van der Waals surface area contributed by atoms with Crippen molar-refractivity contribution in [1.29, 1.82) is 0 Å². The molecule has 1 heterocycles. The van der Waals surface area contributed by atoms with E-state index in [1.807, 2.05) is 6.92 Å². The monoisotopic (exact) mass is 256 g/mol. The Balaban J connectivity index is 2.14. The van der Waals surface area contributed by atoms with Gasteiger partial charge in [-0.25, -0.2) is 0 Å². The Labute approximate surface area is 113 Å². The topological polar surface area (TPSA) is 35.5 Å². The minimum Gasteiger partial charge on any atom is -0.389 e. The van der Waals surface area contributed by atoms with Gasteiger partial charge >= 0.3 is 0 Å². The Morgan fingerprint density at radius 3 is 2.72 bits per heavy atom. The first-order valence-electron chi connectivity index (χ1n) is 7.54. The highest BCUT2D eigenvalue weighted by molar-refractivity contribution is 4.79. The van der Waals surface area contributed by atoms with Gasteiger partial charge in [-0.05, 0) is 58.7 Å². The Morgan fingerprint density at radius 1 is 1.39 bits per heavy atom. The molecule has 0 spiro atoms. The molecule has 2 N–H and O–H groups in total. The molecule has 0 aromatic heterocycles. The van der Waals surface area contributed by atoms with E-state index in [-0.39, 0.29) is 0 Å². The Bertz CT molecular complexity index is 229. The van der Waals surface area contributed by atoms with E-state index in [1.54, 1.807) is 0 Å². The molecule has 2 atom stereocenters. The molecular weight excluding hydrogens is 224 g/mol. The summed E-state index contributed by atoms with van der Waals surface area (Å²) in [4.78, 5) is 2.48. The first-order chi connectivity index (χ1) is 8.41. The van der Waals surface area contributed by atoms with Crippen molar-refractivity contribution in [3.05, 3.63) is 0 Å². The number of nitrogens with one attached hydrogen (secondary N) is 1. The average Bonchev–Trinajstić information content (AvgIpc) is 2.25. The molecule has 0 aromatic carbocycles. The van der Waals surface area contributed by atoms with Crippen molar-refractivity contribution in [1.82, 2.24) is 10.2 Å². The van der Waals surface area contributed by atoms with Gasteiger partial charge in [-0.15, -0.1) is 0 Å². The predicted molar refractivity (Wildman–Crippen MR) is 77.8 cm³/mol. The third-order valence-electron chi connectivity index (χ3n) is 3.93. The highest BCUT2D eigenvalue weighted by Gasteiger charge is 2.22. The van der Waals surface area contributed by atoms with Crippen molar-refractivity contribution < 1.29 is 5.11 Å². The summed E-state index contributed by atoms with van der Waals surface area (Å²) in [6, 6.07) is 0.737. The minimum atomic E-state index is -0.563. The second-order valence-corrected chi connectivity index (χ2v) is 6.69. The van der Waals surface area contributed by atoms with Crippen LogP contribution < -0.4 is 5.32 Å². The van der Waals surface area contributed by atoms with Gasteiger partial charge in [0.1, 0.15) is 0 Å². The van der Waals surface area contributed by atoms with Gasteiger partial charge in [0, 0.05) is 12.6 Å². The van der Waals surface area contributed by atoms with Crippen molar-refractivity contribution in [2.45, 2.75) is 64.5 Å². The molecule has 1 aliphatic rings. The lowest BCUT2D eigenvalue weighted by Crippen LogP contribution is -2.42. The molecule has 3 nitrogen and oxygen atoms in total. The summed E-state index contributed by atoms with van der Waals surface area (Å²) in [6.07, 6.45) is 6.13. The van der Waals surface area contributed by atoms with Gasteiger partial charge in [-0.3, -0.25) is 0 Å². The first kappa shape index (κ1) is 15.9. The van der Waals surface area contributed by atoms with Crippen LogP contribution in [0, 0.1) is 5.92 Å². The van der Waals surface area contributed by atoms with Gasteiger partial charge in [0.05, 0.1) is 5.60 Å². The standard InChI is InChI=1S/C15H32N2O/c1-13(2)11-15(3,18)12-16-9-8-14-7-5-6-10-17(14)4/h13-14,16,18H,5-12H2,1-4H3. The van der Waals surface area contributed by atoms with E-state index < -0.39 is 5.60 Å². The smallest absolute Gasteiger partial charge is 0.0746 e. The fourth-order valence-electron chi connectivity index (χ4n) is 3.09. The number of hydrogen-bond donors (Lipinski definition) is 2. The van der Waals surface area contributed by atoms with Crippen LogP contribution in [0.15, 0.2) is 0 Å². The SMILES string of the molecule is CC(C)CC(C)(O)CNCCC1CCCCN1C. The van der Waals surface area contributed by atoms with Crippen LogP contribution in [0.5, 0.6) is 0 Å². The summed E-state index contributed by atoms with van der Waals surface area (Å²) in [5.74, 6) is 0.547. The van der Waals surface area contributed by atoms with Crippen molar-refractivity contribution >= 4 is 0 Å². The molecule has 1 aliphatic heterocycles. The highest BCUT2D eigenvalue weighted by Crippen LogP contribution is 2.18. The Kier molecular flexibility index (Phi) is 6.61. The van der Waals surface area contributed by atoms with Crippen molar-refractivity contribution in [2.24, 2.45) is 5.92 Å². The molecule has 0 amide bonds. The van der Waals surface area contributed by atoms with E-state index in [0.717, 1.165) is 19.0 Å². The maximum absolute atomic E-state index is 10.2. The number of hydrogen-bond acceptors (Lipinski definition) is 3. The van der Waals surface area contributed by atoms with Gasteiger partial charge in [-0.1, -0.05) is 20.3 Å². The van der Waals surface area contributed by atoms with Crippen LogP contribution in [-0.2, 0) is 0 Å². The molecule has 0 bridgehead atoms. The lowest BCUT2D eigenvalue weighted by Gasteiger charge is -2.33. The molecule has 0 aliphatic carbocycles. The Morgan fingerprint density at radius 2 is 2.11 bits per heavy atom. The lowest BCUT2D eigenvalue weighted by molar-refractivity contribution is 0.0380. The summed E-state index contributed by atoms with van der Waals surface area (Å²) in [5.41, 5.74) is -0.563. The summed E-state index contributed by atoms with van der Waals surface area (Å²) in [6.45, 7) is 9.23. The second-order valence-electron chi connectivity index (χ2n) is 6.69. The molecule has 1 saturated heterocycles. The third kappa shape index (κ3) is 6.17. The van der Waals surface area contributed by atoms with Crippen molar-refractivity contribution in [2.75, 3.05) is 26.7 Å². The van der Waals surface area contributed by atoms with Crippen LogP contribution in [0.1, 0.15) is 52.9 Å². The van der Waals surface area contributed by atoms with E-state index in [9.17, 15) is 5.11 Å². The van der Waals surface area contributed by atoms with Gasteiger partial charge < -0.3 is 15.3 Å². The number of nitrogens with zero attached hydrogens (tertiary/aromatic N) is 1. The van der Waals surface area contributed by atoms with Crippen LogP contribution in [-0.4, -0.2) is 48.3 Å². The molecular formula is C15H32N2O. The molecule has 1 rings (SSSR count). The maximum atomic E-state index is 10.2. The van der Waals surface area contributed by atoms with E-state index >= 15 is 0 Å². The molecule has 18 heavy (non-hydrogen) atoms. The molecule has 0 radical (unpaired) electrons. The van der Waals surface area contributed by atoms with E-state index in [1.165, 1.54) is 32.2 Å². The number of rotatable bonds is 7. The summed E-state index contributed by atoms with van der Waals surface area (Å²) in [7, 11) is 2.23. The second kappa shape index (κ2) is 7.46. The number of aliphatic hydroxyl groups is 1. The average molecular weight is 256 g/mol. The molecule has 2 unspecified atom stereocenters.